The van der Waals surface area contributed by atoms with E-state index < -0.39 is 0 Å². The van der Waals surface area contributed by atoms with Crippen molar-refractivity contribution >= 4 is 6.29 Å². The van der Waals surface area contributed by atoms with Crippen LogP contribution >= 0.6 is 0 Å². The zero-order valence-electron chi connectivity index (χ0n) is 7.86. The van der Waals surface area contributed by atoms with E-state index in [0.29, 0.717) is 5.56 Å². The summed E-state index contributed by atoms with van der Waals surface area (Å²) in [5, 5.41) is 12.7. The van der Waals surface area contributed by atoms with Crippen LogP contribution < -0.4 is 5.32 Å². The molecule has 0 radical (unpaired) electrons. The van der Waals surface area contributed by atoms with E-state index in [9.17, 15) is 9.90 Å². The Morgan fingerprint density at radius 3 is 3.00 bits per heavy atom. The fraction of sp³-hybridized carbons (Fsp3) is 0.364. The van der Waals surface area contributed by atoms with Crippen molar-refractivity contribution in [2.24, 2.45) is 0 Å². The summed E-state index contributed by atoms with van der Waals surface area (Å²) in [5.74, 6) is 0.222. The minimum Gasteiger partial charge on any atom is -0.508 e. The van der Waals surface area contributed by atoms with Crippen LogP contribution in [0.2, 0.25) is 0 Å². The lowest BCUT2D eigenvalue weighted by atomic mass is 9.99. The van der Waals surface area contributed by atoms with E-state index in [4.69, 9.17) is 0 Å². The maximum absolute atomic E-state index is 10.8. The van der Waals surface area contributed by atoms with E-state index >= 15 is 0 Å². The van der Waals surface area contributed by atoms with Crippen molar-refractivity contribution in [1.29, 1.82) is 0 Å². The molecule has 14 heavy (non-hydrogen) atoms. The molecule has 1 saturated heterocycles. The van der Waals surface area contributed by atoms with Gasteiger partial charge in [-0.3, -0.25) is 4.79 Å². The summed E-state index contributed by atoms with van der Waals surface area (Å²) < 4.78 is 0. The van der Waals surface area contributed by atoms with Crippen molar-refractivity contribution in [2.45, 2.75) is 18.9 Å². The molecule has 0 saturated carbocycles. The number of aldehydes is 1. The predicted octanol–water partition coefficient (Wildman–Crippen LogP) is 1.63. The lowest BCUT2D eigenvalue weighted by molar-refractivity contribution is 0.112. The number of hydrogen-bond donors (Lipinski definition) is 2. The van der Waals surface area contributed by atoms with Gasteiger partial charge in [-0.2, -0.15) is 0 Å². The number of rotatable bonds is 2. The van der Waals surface area contributed by atoms with Crippen LogP contribution in [0.15, 0.2) is 18.2 Å². The summed E-state index contributed by atoms with van der Waals surface area (Å²) in [6.07, 6.45) is 3.00. The van der Waals surface area contributed by atoms with Gasteiger partial charge in [0.2, 0.25) is 0 Å². The SMILES string of the molecule is O=Cc1ccc(O)cc1C1CCCN1. The minimum atomic E-state index is 0.222. The first-order valence-electron chi connectivity index (χ1n) is 4.83. The number of aromatic hydroxyl groups is 1. The van der Waals surface area contributed by atoms with Crippen LogP contribution in [-0.4, -0.2) is 17.9 Å². The first kappa shape index (κ1) is 9.21. The van der Waals surface area contributed by atoms with Gasteiger partial charge >= 0.3 is 0 Å². The Bertz CT molecular complexity index is 343. The molecular formula is C11H13NO2. The molecule has 1 heterocycles. The normalized spacial score (nSPS) is 21.0. The molecular weight excluding hydrogens is 178 g/mol. The van der Waals surface area contributed by atoms with Crippen LogP contribution in [0.1, 0.15) is 34.8 Å². The van der Waals surface area contributed by atoms with Gasteiger partial charge in [0.25, 0.3) is 0 Å². The number of carbonyl (C=O) groups excluding carboxylic acids is 1. The van der Waals surface area contributed by atoms with Crippen molar-refractivity contribution in [3.63, 3.8) is 0 Å². The molecule has 1 fully saturated rings. The second-order valence-corrected chi connectivity index (χ2v) is 3.58. The monoisotopic (exact) mass is 191 g/mol. The summed E-state index contributed by atoms with van der Waals surface area (Å²) in [5.41, 5.74) is 1.58. The molecule has 2 N–H and O–H groups in total. The molecule has 0 aromatic heterocycles. The lowest BCUT2D eigenvalue weighted by Crippen LogP contribution is -2.14. The quantitative estimate of drug-likeness (QED) is 0.698. The van der Waals surface area contributed by atoms with E-state index in [1.54, 1.807) is 18.2 Å². The molecule has 0 aliphatic carbocycles. The molecule has 1 aromatic rings. The van der Waals surface area contributed by atoms with Crippen molar-refractivity contribution in [3.05, 3.63) is 29.3 Å². The molecule has 3 nitrogen and oxygen atoms in total. The molecule has 74 valence electrons. The number of phenols is 1. The second-order valence-electron chi connectivity index (χ2n) is 3.58. The van der Waals surface area contributed by atoms with Crippen molar-refractivity contribution in [2.75, 3.05) is 6.54 Å². The van der Waals surface area contributed by atoms with Crippen LogP contribution in [-0.2, 0) is 0 Å². The zero-order valence-corrected chi connectivity index (χ0v) is 7.86. The van der Waals surface area contributed by atoms with E-state index in [1.165, 1.54) is 0 Å². The topological polar surface area (TPSA) is 49.3 Å². The van der Waals surface area contributed by atoms with Crippen LogP contribution in [0.25, 0.3) is 0 Å². The second kappa shape index (κ2) is 3.80. The van der Waals surface area contributed by atoms with Gasteiger partial charge in [-0.1, -0.05) is 0 Å². The maximum atomic E-state index is 10.8. The number of phenolic OH excluding ortho intramolecular Hbond substituents is 1. The molecule has 1 unspecified atom stereocenters. The van der Waals surface area contributed by atoms with E-state index in [-0.39, 0.29) is 11.8 Å². The summed E-state index contributed by atoms with van der Waals surface area (Å²) >= 11 is 0. The zero-order chi connectivity index (χ0) is 9.97. The number of hydrogen-bond acceptors (Lipinski definition) is 3. The highest BCUT2D eigenvalue weighted by atomic mass is 16.3. The van der Waals surface area contributed by atoms with Crippen LogP contribution in [0, 0.1) is 0 Å². The fourth-order valence-corrected chi connectivity index (χ4v) is 1.92. The average molecular weight is 191 g/mol. The average Bonchev–Trinajstić information content (AvgIpc) is 2.70. The Hall–Kier alpha value is -1.35. The molecule has 1 aromatic carbocycles. The van der Waals surface area contributed by atoms with Gasteiger partial charge in [0.15, 0.2) is 0 Å². The number of carbonyl (C=O) groups is 1. The Labute approximate surface area is 82.8 Å². The largest absolute Gasteiger partial charge is 0.508 e. The highest BCUT2D eigenvalue weighted by Gasteiger charge is 2.19. The number of benzene rings is 1. The third-order valence-electron chi connectivity index (χ3n) is 2.63. The Balaban J connectivity index is 2.37. The summed E-state index contributed by atoms with van der Waals surface area (Å²) in [6, 6.07) is 5.11. The predicted molar refractivity (Wildman–Crippen MR) is 53.5 cm³/mol. The smallest absolute Gasteiger partial charge is 0.150 e. The van der Waals surface area contributed by atoms with Gasteiger partial charge in [0.1, 0.15) is 12.0 Å². The van der Waals surface area contributed by atoms with Gasteiger partial charge < -0.3 is 10.4 Å². The van der Waals surface area contributed by atoms with E-state index in [2.05, 4.69) is 5.32 Å². The van der Waals surface area contributed by atoms with Gasteiger partial charge in [0.05, 0.1) is 0 Å². The molecule has 1 aliphatic rings. The molecule has 1 atom stereocenters. The molecule has 2 rings (SSSR count). The van der Waals surface area contributed by atoms with Crippen molar-refractivity contribution in [1.82, 2.24) is 5.32 Å². The first-order chi connectivity index (χ1) is 6.81. The Morgan fingerprint density at radius 2 is 2.36 bits per heavy atom. The summed E-state index contributed by atoms with van der Waals surface area (Å²) in [7, 11) is 0. The summed E-state index contributed by atoms with van der Waals surface area (Å²) in [6.45, 7) is 0.985. The van der Waals surface area contributed by atoms with Crippen LogP contribution in [0.4, 0.5) is 0 Å². The Morgan fingerprint density at radius 1 is 1.50 bits per heavy atom. The fourth-order valence-electron chi connectivity index (χ4n) is 1.92. The van der Waals surface area contributed by atoms with Crippen LogP contribution in [0.5, 0.6) is 5.75 Å². The van der Waals surface area contributed by atoms with Crippen molar-refractivity contribution in [3.8, 4) is 5.75 Å². The van der Waals surface area contributed by atoms with Gasteiger partial charge in [-0.05, 0) is 43.1 Å². The molecule has 1 aliphatic heterocycles. The van der Waals surface area contributed by atoms with Crippen molar-refractivity contribution < 1.29 is 9.90 Å². The first-order valence-corrected chi connectivity index (χ1v) is 4.83. The molecule has 3 heteroatoms. The van der Waals surface area contributed by atoms with Crippen LogP contribution in [0.3, 0.4) is 0 Å². The summed E-state index contributed by atoms with van der Waals surface area (Å²) in [4.78, 5) is 10.8. The van der Waals surface area contributed by atoms with E-state index in [0.717, 1.165) is 31.2 Å². The molecule has 0 spiro atoms. The Kier molecular flexibility index (Phi) is 2.50. The molecule has 0 bridgehead atoms. The highest BCUT2D eigenvalue weighted by molar-refractivity contribution is 5.78. The minimum absolute atomic E-state index is 0.222. The molecule has 0 amide bonds. The third-order valence-corrected chi connectivity index (χ3v) is 2.63. The highest BCUT2D eigenvalue weighted by Crippen LogP contribution is 2.27. The number of nitrogens with one attached hydrogen (secondary N) is 1. The standard InChI is InChI=1S/C11H13NO2/c13-7-8-3-4-9(14)6-10(8)11-2-1-5-12-11/h3-4,6-7,11-12,14H,1-2,5H2. The lowest BCUT2D eigenvalue weighted by Gasteiger charge is -2.13. The maximum Gasteiger partial charge on any atom is 0.150 e. The third kappa shape index (κ3) is 1.63. The van der Waals surface area contributed by atoms with Gasteiger partial charge in [0, 0.05) is 11.6 Å². The van der Waals surface area contributed by atoms with Gasteiger partial charge in [-0.25, -0.2) is 0 Å². The van der Waals surface area contributed by atoms with E-state index in [1.807, 2.05) is 0 Å². The van der Waals surface area contributed by atoms with Gasteiger partial charge in [-0.15, -0.1) is 0 Å².